The highest BCUT2D eigenvalue weighted by Gasteiger charge is 2.55. The standard InChI is InChI=1S/C38H35Cl2FN4O5S2/c1-20-5-11-26(12-6-20)52(47,48)44-36(46)22-13-30(41)34-31(14-22)51-37(42-34)45-23-9-10-24(45)16-38(15-23)17-25(18-38)49-19-27-33(43-50-35(27)21-7-8-21)32-28(39)3-2-4-29(32)40/h2-6,11-14,21,23-25H,7-10,15-19H2,1H3,(H,44,46). The number of thiazole rings is 1. The van der Waals surface area contributed by atoms with Crippen molar-refractivity contribution in [3.05, 3.63) is 92.9 Å². The molecule has 2 saturated heterocycles. The van der Waals surface area contributed by atoms with E-state index in [0.717, 1.165) is 79.5 Å². The number of aromatic nitrogens is 2. The summed E-state index contributed by atoms with van der Waals surface area (Å²) in [6, 6.07) is 14.7. The molecule has 2 aliphatic heterocycles. The van der Waals surface area contributed by atoms with E-state index in [1.54, 1.807) is 24.3 Å². The molecule has 5 aromatic rings. The van der Waals surface area contributed by atoms with Gasteiger partial charge in [-0.3, -0.25) is 4.79 Å². The molecule has 2 saturated carbocycles. The van der Waals surface area contributed by atoms with E-state index in [9.17, 15) is 13.2 Å². The molecule has 2 aromatic heterocycles. The van der Waals surface area contributed by atoms with Gasteiger partial charge in [0.15, 0.2) is 10.9 Å². The number of nitrogens with zero attached hydrogens (tertiary/aromatic N) is 3. The number of aryl methyl sites for hydroxylation is 1. The molecule has 9 nitrogen and oxygen atoms in total. The van der Waals surface area contributed by atoms with E-state index in [0.29, 0.717) is 38.5 Å². The molecule has 1 N–H and O–H groups in total. The predicted octanol–water partition coefficient (Wildman–Crippen LogP) is 9.20. The Kier molecular flexibility index (Phi) is 8.42. The molecule has 2 bridgehead atoms. The first-order valence-electron chi connectivity index (χ1n) is 17.5. The van der Waals surface area contributed by atoms with Crippen LogP contribution in [0.2, 0.25) is 10.0 Å². The monoisotopic (exact) mass is 780 g/mol. The number of nitrogens with one attached hydrogen (secondary N) is 1. The third-order valence-corrected chi connectivity index (χ3v) is 14.2. The van der Waals surface area contributed by atoms with Crippen LogP contribution in [0.5, 0.6) is 0 Å². The van der Waals surface area contributed by atoms with E-state index in [1.807, 2.05) is 13.0 Å². The largest absolute Gasteiger partial charge is 0.373 e. The lowest BCUT2D eigenvalue weighted by Crippen LogP contribution is -2.54. The van der Waals surface area contributed by atoms with Crippen LogP contribution in [0.25, 0.3) is 21.5 Å². The van der Waals surface area contributed by atoms with Crippen molar-refractivity contribution in [3.8, 4) is 11.3 Å². The molecule has 270 valence electrons. The topological polar surface area (TPSA) is 115 Å². The van der Waals surface area contributed by atoms with Crippen molar-refractivity contribution in [3.63, 3.8) is 0 Å². The zero-order valence-electron chi connectivity index (χ0n) is 28.2. The number of anilines is 1. The molecule has 2 atom stereocenters. The second-order valence-electron chi connectivity index (χ2n) is 14.8. The Morgan fingerprint density at radius 2 is 1.73 bits per heavy atom. The SMILES string of the molecule is Cc1ccc(S(=O)(=O)NC(=O)c2cc(F)c3nc(N4C5CCC4CC4(CC(OCc6c(-c7c(Cl)cccc7Cl)noc6C6CC6)C4)C5)sc3c2)cc1. The van der Waals surface area contributed by atoms with Gasteiger partial charge in [0.1, 0.15) is 17.0 Å². The first kappa shape index (κ1) is 34.2. The Balaban J connectivity index is 0.872. The van der Waals surface area contributed by atoms with Crippen LogP contribution in [0.3, 0.4) is 0 Å². The lowest BCUT2D eigenvalue weighted by atomic mass is 9.59. The second-order valence-corrected chi connectivity index (χ2v) is 18.3. The molecular weight excluding hydrogens is 746 g/mol. The minimum Gasteiger partial charge on any atom is -0.373 e. The molecular formula is C38H35Cl2FN4O5S2. The Hall–Kier alpha value is -3.55. The fourth-order valence-corrected chi connectivity index (χ4v) is 11.3. The number of halogens is 3. The molecule has 4 aliphatic rings. The van der Waals surface area contributed by atoms with Crippen molar-refractivity contribution in [1.29, 1.82) is 0 Å². The summed E-state index contributed by atoms with van der Waals surface area (Å²) in [6.45, 7) is 2.23. The number of ether oxygens (including phenoxy) is 1. The minimum absolute atomic E-state index is 0.0401. The maximum Gasteiger partial charge on any atom is 0.265 e. The van der Waals surface area contributed by atoms with E-state index in [1.165, 1.54) is 29.5 Å². The van der Waals surface area contributed by atoms with Gasteiger partial charge in [0.2, 0.25) is 0 Å². The lowest BCUT2D eigenvalue weighted by Gasteiger charge is -2.54. The quantitative estimate of drug-likeness (QED) is 0.158. The van der Waals surface area contributed by atoms with Gasteiger partial charge in [0, 0.05) is 34.7 Å². The predicted molar refractivity (Wildman–Crippen MR) is 198 cm³/mol. The van der Waals surface area contributed by atoms with Crippen molar-refractivity contribution < 1.29 is 26.9 Å². The maximum atomic E-state index is 15.4. The van der Waals surface area contributed by atoms with Crippen LogP contribution in [-0.2, 0) is 21.4 Å². The summed E-state index contributed by atoms with van der Waals surface area (Å²) in [4.78, 5) is 20.0. The normalized spacial score (nSPS) is 24.1. The average Bonchev–Trinajstić information content (AvgIpc) is 3.61. The number of hydrogen-bond acceptors (Lipinski definition) is 9. The van der Waals surface area contributed by atoms with Crippen LogP contribution >= 0.6 is 34.5 Å². The highest BCUT2D eigenvalue weighted by Crippen LogP contribution is 2.58. The fraction of sp³-hybridized carbons (Fsp3) is 0.395. The summed E-state index contributed by atoms with van der Waals surface area (Å²) in [5.74, 6) is -0.322. The van der Waals surface area contributed by atoms with Gasteiger partial charge in [-0.2, -0.15) is 0 Å². The number of hydrogen-bond donors (Lipinski definition) is 1. The first-order valence-corrected chi connectivity index (χ1v) is 20.6. The molecule has 1 spiro atoms. The van der Waals surface area contributed by atoms with Crippen LogP contribution in [0.15, 0.2) is 64.0 Å². The van der Waals surface area contributed by atoms with Gasteiger partial charge in [0.25, 0.3) is 15.9 Å². The first-order chi connectivity index (χ1) is 25.0. The third kappa shape index (κ3) is 6.10. The summed E-state index contributed by atoms with van der Waals surface area (Å²) < 4.78 is 56.0. The minimum atomic E-state index is -4.12. The van der Waals surface area contributed by atoms with Gasteiger partial charge < -0.3 is 14.2 Å². The van der Waals surface area contributed by atoms with Crippen LogP contribution < -0.4 is 9.62 Å². The summed E-state index contributed by atoms with van der Waals surface area (Å²) in [5.41, 5.74) is 3.45. The molecule has 52 heavy (non-hydrogen) atoms. The van der Waals surface area contributed by atoms with Gasteiger partial charge in [0.05, 0.1) is 32.4 Å². The van der Waals surface area contributed by atoms with Crippen LogP contribution in [0.4, 0.5) is 9.52 Å². The van der Waals surface area contributed by atoms with Crippen LogP contribution in [0, 0.1) is 18.2 Å². The van der Waals surface area contributed by atoms with Crippen molar-refractivity contribution in [2.24, 2.45) is 5.41 Å². The Morgan fingerprint density at radius 3 is 2.40 bits per heavy atom. The van der Waals surface area contributed by atoms with Crippen LogP contribution in [0.1, 0.15) is 84.5 Å². The van der Waals surface area contributed by atoms with E-state index in [2.05, 4.69) is 14.8 Å². The van der Waals surface area contributed by atoms with Crippen LogP contribution in [-0.4, -0.2) is 42.7 Å². The lowest BCUT2D eigenvalue weighted by molar-refractivity contribution is -0.103. The molecule has 1 amide bonds. The second kappa shape index (κ2) is 12.8. The average molecular weight is 782 g/mol. The number of sulfonamides is 1. The van der Waals surface area contributed by atoms with Crippen molar-refractivity contribution in [1.82, 2.24) is 14.9 Å². The number of piperidine rings is 1. The van der Waals surface area contributed by atoms with Gasteiger partial charge in [-0.05, 0) is 100 Å². The molecule has 4 heterocycles. The molecule has 2 unspecified atom stereocenters. The third-order valence-electron chi connectivity index (χ3n) is 11.2. The zero-order valence-corrected chi connectivity index (χ0v) is 31.3. The van der Waals surface area contributed by atoms with Gasteiger partial charge in [-0.1, -0.05) is 63.5 Å². The number of carbonyl (C=O) groups is 1. The van der Waals surface area contributed by atoms with Crippen molar-refractivity contribution >= 4 is 65.8 Å². The molecule has 3 aromatic carbocycles. The number of fused-ring (bicyclic) bond motifs is 3. The van der Waals surface area contributed by atoms with E-state index >= 15 is 4.39 Å². The molecule has 9 rings (SSSR count). The van der Waals surface area contributed by atoms with E-state index < -0.39 is 21.7 Å². The fourth-order valence-electron chi connectivity index (χ4n) is 8.54. The highest BCUT2D eigenvalue weighted by atomic mass is 35.5. The maximum absolute atomic E-state index is 15.4. The number of rotatable bonds is 9. The Labute approximate surface area is 314 Å². The molecule has 14 heteroatoms. The van der Waals surface area contributed by atoms with Gasteiger partial charge in [-0.15, -0.1) is 0 Å². The van der Waals surface area contributed by atoms with Crippen molar-refractivity contribution in [2.45, 2.75) is 93.9 Å². The number of benzene rings is 3. The molecule has 0 radical (unpaired) electrons. The van der Waals surface area contributed by atoms with E-state index in [4.69, 9.17) is 37.4 Å². The molecule has 2 aliphatic carbocycles. The summed E-state index contributed by atoms with van der Waals surface area (Å²) >= 11 is 14.4. The Morgan fingerprint density at radius 1 is 1.04 bits per heavy atom. The highest BCUT2D eigenvalue weighted by molar-refractivity contribution is 7.90. The summed E-state index contributed by atoms with van der Waals surface area (Å²) in [5, 5.41) is 6.19. The molecule has 4 fully saturated rings. The Bertz CT molecular complexity index is 2300. The van der Waals surface area contributed by atoms with E-state index in [-0.39, 0.29) is 39.6 Å². The van der Waals surface area contributed by atoms with Gasteiger partial charge >= 0.3 is 0 Å². The summed E-state index contributed by atoms with van der Waals surface area (Å²) in [7, 11) is -4.12. The number of amides is 1. The summed E-state index contributed by atoms with van der Waals surface area (Å²) in [6.07, 6.45) is 8.29. The van der Waals surface area contributed by atoms with Gasteiger partial charge in [-0.25, -0.2) is 22.5 Å². The number of carbonyl (C=O) groups excluding carboxylic acids is 1. The van der Waals surface area contributed by atoms with Crippen molar-refractivity contribution in [2.75, 3.05) is 4.90 Å². The smallest absolute Gasteiger partial charge is 0.265 e. The zero-order chi connectivity index (χ0) is 35.9.